The third-order valence-electron chi connectivity index (χ3n) is 4.81. The zero-order valence-corrected chi connectivity index (χ0v) is 23.6. The Morgan fingerprint density at radius 1 is 0.575 bits per heavy atom. The van der Waals surface area contributed by atoms with Crippen molar-refractivity contribution in [1.82, 2.24) is 0 Å². The van der Waals surface area contributed by atoms with Crippen molar-refractivity contribution in [3.63, 3.8) is 0 Å². The van der Waals surface area contributed by atoms with Gasteiger partial charge in [0.1, 0.15) is 23.0 Å². The molecule has 0 N–H and O–H groups in total. The highest BCUT2D eigenvalue weighted by molar-refractivity contribution is 7.87. The summed E-state index contributed by atoms with van der Waals surface area (Å²) >= 11 is 0. The fraction of sp³-hybridized carbons (Fsp3) is 0.308. The summed E-state index contributed by atoms with van der Waals surface area (Å²) in [7, 11) is -8.53. The van der Waals surface area contributed by atoms with Crippen LogP contribution in [0, 0.1) is 13.8 Å². The molecule has 0 saturated heterocycles. The Balaban J connectivity index is 1.54. The van der Waals surface area contributed by atoms with Crippen LogP contribution in [0.2, 0.25) is 0 Å². The van der Waals surface area contributed by atoms with E-state index in [2.05, 4.69) is 17.3 Å². The van der Waals surface area contributed by atoms with E-state index in [1.54, 1.807) is 38.1 Å². The highest BCUT2D eigenvalue weighted by Crippen LogP contribution is 2.17. The van der Waals surface area contributed by atoms with E-state index >= 15 is 0 Å². The molecule has 0 aliphatic carbocycles. The van der Waals surface area contributed by atoms with Crippen LogP contribution in [-0.2, 0) is 57.1 Å². The molecule has 2 rings (SSSR count). The molecule has 40 heavy (non-hydrogen) atoms. The maximum Gasteiger partial charge on any atom is 0.388 e. The largest absolute Gasteiger partial charge is 0.484 e. The third kappa shape index (κ3) is 10.8. The van der Waals surface area contributed by atoms with Gasteiger partial charge in [0.2, 0.25) is 5.76 Å². The van der Waals surface area contributed by atoms with Gasteiger partial charge in [-0.25, -0.2) is 9.59 Å². The Morgan fingerprint density at radius 3 is 1.45 bits per heavy atom. The van der Waals surface area contributed by atoms with Crippen LogP contribution >= 0.6 is 0 Å². The van der Waals surface area contributed by atoms with Gasteiger partial charge in [0.05, 0.1) is 26.4 Å². The van der Waals surface area contributed by atoms with E-state index in [1.807, 2.05) is 0 Å². The maximum atomic E-state index is 12.2. The van der Waals surface area contributed by atoms with E-state index < -0.39 is 43.7 Å². The summed E-state index contributed by atoms with van der Waals surface area (Å²) in [5.41, 5.74) is 1.70. The molecule has 0 aliphatic rings. The lowest BCUT2D eigenvalue weighted by Crippen LogP contribution is -2.18. The van der Waals surface area contributed by atoms with Gasteiger partial charge in [-0.2, -0.15) is 16.8 Å². The van der Waals surface area contributed by atoms with E-state index in [0.29, 0.717) is 0 Å². The Morgan fingerprint density at radius 2 is 0.975 bits per heavy atom. The number of carbonyl (C=O) groups excluding carboxylic acids is 2. The van der Waals surface area contributed by atoms with Crippen LogP contribution in [0.4, 0.5) is 0 Å². The van der Waals surface area contributed by atoms with Crippen molar-refractivity contribution >= 4 is 32.2 Å². The van der Waals surface area contributed by atoms with Gasteiger partial charge in [0.15, 0.2) is 5.76 Å². The van der Waals surface area contributed by atoms with Crippen molar-refractivity contribution in [2.75, 3.05) is 39.6 Å². The minimum absolute atomic E-state index is 0.0122. The number of esters is 1. The number of hydrogen-bond acceptors (Lipinski definition) is 12. The minimum atomic E-state index is -4.31. The normalized spacial score (nSPS) is 11.3. The van der Waals surface area contributed by atoms with Gasteiger partial charge >= 0.3 is 32.2 Å². The molecule has 218 valence electrons. The van der Waals surface area contributed by atoms with Crippen molar-refractivity contribution in [1.29, 1.82) is 0 Å². The monoisotopic (exact) mass is 598 g/mol. The van der Waals surface area contributed by atoms with E-state index in [4.69, 9.17) is 23.1 Å². The molecular weight excluding hydrogens is 568 g/mol. The van der Waals surface area contributed by atoms with E-state index in [1.165, 1.54) is 24.3 Å². The van der Waals surface area contributed by atoms with Crippen molar-refractivity contribution in [2.45, 2.75) is 23.6 Å². The lowest BCUT2D eigenvalue weighted by atomic mass is 10.2. The SMILES string of the molecule is C=C(OS(=O)(=O)c1ccc(C)cc1)C(=O)OCCOCCOCCOC(=C)C(=O)OS(=O)(=O)c1ccc(C)cc1. The van der Waals surface area contributed by atoms with E-state index in [0.717, 1.165) is 11.1 Å². The van der Waals surface area contributed by atoms with E-state index in [9.17, 15) is 26.4 Å². The van der Waals surface area contributed by atoms with Crippen LogP contribution in [0.3, 0.4) is 0 Å². The molecule has 0 unspecified atom stereocenters. The van der Waals surface area contributed by atoms with Gasteiger partial charge in [-0.15, -0.1) is 0 Å². The zero-order chi connectivity index (χ0) is 29.8. The number of carbonyl (C=O) groups is 2. The molecule has 0 aromatic heterocycles. The van der Waals surface area contributed by atoms with Gasteiger partial charge in [-0.1, -0.05) is 35.4 Å². The summed E-state index contributed by atoms with van der Waals surface area (Å²) in [6.07, 6.45) is 0. The summed E-state index contributed by atoms with van der Waals surface area (Å²) in [5, 5.41) is 0. The Bertz CT molecular complexity index is 1290. The maximum absolute atomic E-state index is 12.2. The zero-order valence-electron chi connectivity index (χ0n) is 22.0. The molecule has 0 amide bonds. The molecule has 0 spiro atoms. The third-order valence-corrected chi connectivity index (χ3v) is 7.30. The van der Waals surface area contributed by atoms with Crippen LogP contribution in [0.15, 0.2) is 83.0 Å². The number of benzene rings is 2. The van der Waals surface area contributed by atoms with Crippen molar-refractivity contribution < 1.29 is 53.7 Å². The molecule has 0 radical (unpaired) electrons. The van der Waals surface area contributed by atoms with Gasteiger partial charge in [-0.3, -0.25) is 0 Å². The minimum Gasteiger partial charge on any atom is -0.484 e. The van der Waals surface area contributed by atoms with Gasteiger partial charge in [0, 0.05) is 0 Å². The molecule has 2 aromatic carbocycles. The van der Waals surface area contributed by atoms with E-state index in [-0.39, 0.29) is 49.4 Å². The summed E-state index contributed by atoms with van der Waals surface area (Å²) in [6.45, 7) is 10.2. The molecule has 0 aliphatic heterocycles. The molecule has 0 saturated carbocycles. The molecule has 0 atom stereocenters. The average molecular weight is 599 g/mol. The fourth-order valence-corrected chi connectivity index (χ4v) is 4.45. The number of aryl methyl sites for hydroxylation is 2. The Kier molecular flexibility index (Phi) is 12.3. The highest BCUT2D eigenvalue weighted by Gasteiger charge is 2.23. The van der Waals surface area contributed by atoms with Crippen LogP contribution in [0.5, 0.6) is 0 Å². The van der Waals surface area contributed by atoms with Crippen LogP contribution in [0.1, 0.15) is 11.1 Å². The first-order chi connectivity index (χ1) is 18.8. The summed E-state index contributed by atoms with van der Waals surface area (Å²) < 4.78 is 78.2. The van der Waals surface area contributed by atoms with Crippen LogP contribution < -0.4 is 0 Å². The predicted octanol–water partition coefficient (Wildman–Crippen LogP) is 2.56. The summed E-state index contributed by atoms with van der Waals surface area (Å²) in [5.74, 6) is -3.51. The topological polar surface area (TPSA) is 158 Å². The first kappa shape index (κ1) is 32.5. The molecule has 2 aromatic rings. The van der Waals surface area contributed by atoms with Gasteiger partial charge in [-0.05, 0) is 51.3 Å². The molecule has 0 bridgehead atoms. The smallest absolute Gasteiger partial charge is 0.388 e. The number of rotatable bonds is 17. The Labute approximate surface area is 233 Å². The first-order valence-electron chi connectivity index (χ1n) is 11.7. The standard InChI is InChI=1S/C26H30O12S2/c1-19-5-9-23(10-6-19)39(29,30)37-22(4)25(27)36-18-16-34-14-13-33-15-17-35-21(3)26(28)38-40(31,32)24-11-7-20(2)8-12-24/h5-12H,3-4,13-18H2,1-2H3. The molecular formula is C26H30O12S2. The van der Waals surface area contributed by atoms with Crippen molar-refractivity contribution in [3.8, 4) is 0 Å². The lowest BCUT2D eigenvalue weighted by Gasteiger charge is -2.11. The van der Waals surface area contributed by atoms with Crippen molar-refractivity contribution in [3.05, 3.63) is 84.3 Å². The second-order valence-corrected chi connectivity index (χ2v) is 11.1. The average Bonchev–Trinajstić information content (AvgIpc) is 2.89. The molecule has 0 fully saturated rings. The summed E-state index contributed by atoms with van der Waals surface area (Å²) in [4.78, 5) is 23.5. The molecule has 0 heterocycles. The molecule has 14 heteroatoms. The summed E-state index contributed by atoms with van der Waals surface area (Å²) in [6, 6.07) is 11.6. The second-order valence-electron chi connectivity index (χ2n) is 8.04. The Hall–Kier alpha value is -3.72. The lowest BCUT2D eigenvalue weighted by molar-refractivity contribution is -0.143. The number of hydrogen-bond donors (Lipinski definition) is 0. The van der Waals surface area contributed by atoms with Crippen LogP contribution in [-0.4, -0.2) is 68.4 Å². The van der Waals surface area contributed by atoms with Gasteiger partial charge < -0.3 is 27.3 Å². The highest BCUT2D eigenvalue weighted by atomic mass is 32.2. The van der Waals surface area contributed by atoms with Gasteiger partial charge in [0.25, 0.3) is 0 Å². The fourth-order valence-electron chi connectivity index (χ4n) is 2.70. The van der Waals surface area contributed by atoms with Crippen molar-refractivity contribution in [2.24, 2.45) is 0 Å². The second kappa shape index (κ2) is 15.2. The molecule has 12 nitrogen and oxygen atoms in total. The predicted molar refractivity (Wildman–Crippen MR) is 141 cm³/mol. The number of ether oxygens (including phenoxy) is 4. The van der Waals surface area contributed by atoms with Crippen LogP contribution in [0.25, 0.3) is 0 Å². The first-order valence-corrected chi connectivity index (χ1v) is 14.5. The quantitative estimate of drug-likeness (QED) is 0.0863.